The monoisotopic (exact) mass is 340 g/mol. The highest BCUT2D eigenvalue weighted by Crippen LogP contribution is 2.20. The van der Waals surface area contributed by atoms with Gasteiger partial charge in [-0.3, -0.25) is 9.69 Å². The van der Waals surface area contributed by atoms with Crippen LogP contribution in [0.5, 0.6) is 0 Å². The second-order valence-electron chi connectivity index (χ2n) is 4.79. The maximum atomic E-state index is 12.3. The number of morpholine rings is 1. The van der Waals surface area contributed by atoms with Gasteiger partial charge in [-0.25, -0.2) is 4.98 Å². The number of carbonyl (C=O) groups is 1. The maximum absolute atomic E-state index is 12.3. The maximum Gasteiger partial charge on any atom is 0.223 e. The summed E-state index contributed by atoms with van der Waals surface area (Å²) in [6, 6.07) is 0. The van der Waals surface area contributed by atoms with Crippen LogP contribution in [-0.2, 0) is 21.1 Å². The molecule has 1 aromatic heterocycles. The number of rotatable bonds is 5. The number of nitrogens with zero attached hydrogens (tertiary/aromatic N) is 4. The Morgan fingerprint density at radius 2 is 2.23 bits per heavy atom. The highest BCUT2D eigenvalue weighted by atomic mass is 32.2. The quantitative estimate of drug-likeness (QED) is 0.564. The van der Waals surface area contributed by atoms with Crippen molar-refractivity contribution in [2.45, 2.75) is 0 Å². The van der Waals surface area contributed by atoms with Gasteiger partial charge >= 0.3 is 0 Å². The van der Waals surface area contributed by atoms with E-state index < -0.39 is 11.5 Å². The van der Waals surface area contributed by atoms with Crippen LogP contribution in [0, 0.1) is 0 Å². The van der Waals surface area contributed by atoms with Crippen LogP contribution in [0.1, 0.15) is 5.01 Å². The van der Waals surface area contributed by atoms with E-state index in [0.717, 1.165) is 25.9 Å². The molecular weight excluding hydrogens is 324 g/mol. The van der Waals surface area contributed by atoms with E-state index in [1.807, 2.05) is 5.38 Å². The minimum Gasteiger partial charge on any atom is -0.566 e. The van der Waals surface area contributed by atoms with Crippen molar-refractivity contribution in [2.24, 2.45) is 4.40 Å². The van der Waals surface area contributed by atoms with Crippen LogP contribution in [0.3, 0.4) is 0 Å². The predicted molar refractivity (Wildman–Crippen MR) is 84.9 cm³/mol. The summed E-state index contributed by atoms with van der Waals surface area (Å²) in [5.74, 6) is 0. The van der Waals surface area contributed by atoms with Gasteiger partial charge in [-0.05, 0) is 4.40 Å². The molecule has 1 unspecified atom stereocenters. The van der Waals surface area contributed by atoms with Crippen molar-refractivity contribution >= 4 is 34.9 Å². The Balaban J connectivity index is 1.67. The lowest BCUT2D eigenvalue weighted by molar-refractivity contribution is -0.105. The first kappa shape index (κ1) is 15.6. The summed E-state index contributed by atoms with van der Waals surface area (Å²) in [6.45, 7) is 4.36. The van der Waals surface area contributed by atoms with Crippen LogP contribution in [0.15, 0.2) is 27.7 Å². The Morgan fingerprint density at radius 3 is 2.91 bits per heavy atom. The fraction of sp³-hybridized carbons (Fsp3) is 0.462. The highest BCUT2D eigenvalue weighted by Gasteiger charge is 2.30. The Hall–Kier alpha value is -1.26. The Morgan fingerprint density at radius 1 is 1.41 bits per heavy atom. The number of hydrogen-bond acceptors (Lipinski definition) is 8. The molecule has 7 nitrogen and oxygen atoms in total. The lowest BCUT2D eigenvalue weighted by atomic mass is 10.3. The van der Waals surface area contributed by atoms with E-state index in [-0.39, 0.29) is 0 Å². The SMILES string of the molecule is O=CC1=CC(c2nccs2)=N[S+]([O-])N1CCN1CCOCC1. The smallest absolute Gasteiger partial charge is 0.223 e. The topological polar surface area (TPSA) is 81.1 Å². The molecule has 0 amide bonds. The highest BCUT2D eigenvalue weighted by molar-refractivity contribution is 7.88. The van der Waals surface area contributed by atoms with Crippen LogP contribution in [0.4, 0.5) is 0 Å². The third kappa shape index (κ3) is 3.55. The molecule has 2 aliphatic heterocycles. The average molecular weight is 340 g/mol. The first-order valence-corrected chi connectivity index (χ1v) is 8.87. The number of ether oxygens (including phenoxy) is 1. The summed E-state index contributed by atoms with van der Waals surface area (Å²) in [5.41, 5.74) is 0.879. The largest absolute Gasteiger partial charge is 0.566 e. The van der Waals surface area contributed by atoms with E-state index in [4.69, 9.17) is 4.74 Å². The molecule has 118 valence electrons. The lowest BCUT2D eigenvalue weighted by Crippen LogP contribution is -2.43. The molecule has 0 saturated carbocycles. The summed E-state index contributed by atoms with van der Waals surface area (Å²) in [6.07, 6.45) is 4.02. The Labute approximate surface area is 135 Å². The molecule has 0 N–H and O–H groups in total. The summed E-state index contributed by atoms with van der Waals surface area (Å²) in [7, 11) is 0. The van der Waals surface area contributed by atoms with E-state index in [9.17, 15) is 9.35 Å². The van der Waals surface area contributed by atoms with Gasteiger partial charge in [0, 0.05) is 37.3 Å². The van der Waals surface area contributed by atoms with Crippen LogP contribution < -0.4 is 0 Å². The molecule has 1 aromatic rings. The van der Waals surface area contributed by atoms with Crippen LogP contribution >= 0.6 is 11.3 Å². The van der Waals surface area contributed by atoms with Gasteiger partial charge in [0.1, 0.15) is 10.7 Å². The predicted octanol–water partition coefficient (Wildman–Crippen LogP) is 0.242. The second kappa shape index (κ2) is 7.34. The van der Waals surface area contributed by atoms with Crippen molar-refractivity contribution in [1.82, 2.24) is 14.2 Å². The van der Waals surface area contributed by atoms with E-state index in [1.165, 1.54) is 15.6 Å². The van der Waals surface area contributed by atoms with Gasteiger partial charge in [-0.15, -0.1) is 11.3 Å². The van der Waals surface area contributed by atoms with Crippen LogP contribution in [0.25, 0.3) is 0 Å². The summed E-state index contributed by atoms with van der Waals surface area (Å²) < 4.78 is 23.3. The average Bonchev–Trinajstić information content (AvgIpc) is 3.08. The van der Waals surface area contributed by atoms with Crippen molar-refractivity contribution in [1.29, 1.82) is 0 Å². The third-order valence-electron chi connectivity index (χ3n) is 3.43. The molecule has 0 spiro atoms. The zero-order valence-electron chi connectivity index (χ0n) is 11.9. The Bertz CT molecular complexity index is 570. The van der Waals surface area contributed by atoms with Gasteiger partial charge in [0.15, 0.2) is 12.0 Å². The standard InChI is InChI=1S/C13H16N4O3S2/c18-10-11-9-12(13-14-1-8-21-13)15-22(19)17(11)3-2-16-4-6-20-7-5-16/h1,8-10H,2-7H2. The number of thiazole rings is 1. The van der Waals surface area contributed by atoms with Gasteiger partial charge in [-0.2, -0.15) is 4.31 Å². The van der Waals surface area contributed by atoms with E-state index in [0.29, 0.717) is 36.2 Å². The molecule has 0 aliphatic carbocycles. The number of allylic oxidation sites excluding steroid dienone is 2. The van der Waals surface area contributed by atoms with E-state index >= 15 is 0 Å². The van der Waals surface area contributed by atoms with Gasteiger partial charge in [-0.1, -0.05) is 0 Å². The molecule has 22 heavy (non-hydrogen) atoms. The molecule has 1 saturated heterocycles. The zero-order valence-corrected chi connectivity index (χ0v) is 13.5. The Kier molecular flexibility index (Phi) is 5.21. The van der Waals surface area contributed by atoms with Crippen molar-refractivity contribution in [3.63, 3.8) is 0 Å². The molecule has 2 aliphatic rings. The first-order chi connectivity index (χ1) is 10.8. The van der Waals surface area contributed by atoms with Crippen LogP contribution in [0.2, 0.25) is 0 Å². The molecule has 9 heteroatoms. The normalized spacial score (nSPS) is 23.1. The summed E-state index contributed by atoms with van der Waals surface area (Å²) in [5, 5.41) is 2.49. The lowest BCUT2D eigenvalue weighted by Gasteiger charge is -2.30. The zero-order chi connectivity index (χ0) is 15.4. The molecule has 3 rings (SSSR count). The van der Waals surface area contributed by atoms with Crippen molar-refractivity contribution in [2.75, 3.05) is 39.4 Å². The third-order valence-corrected chi connectivity index (χ3v) is 5.35. The summed E-state index contributed by atoms with van der Waals surface area (Å²) >= 11 is -0.193. The van der Waals surface area contributed by atoms with Gasteiger partial charge < -0.3 is 9.29 Å². The van der Waals surface area contributed by atoms with E-state index in [2.05, 4.69) is 14.3 Å². The van der Waals surface area contributed by atoms with Gasteiger partial charge in [0.05, 0.1) is 19.8 Å². The molecule has 1 fully saturated rings. The first-order valence-electron chi connectivity index (χ1n) is 6.93. The van der Waals surface area contributed by atoms with Crippen molar-refractivity contribution in [3.8, 4) is 0 Å². The molecule has 0 radical (unpaired) electrons. The molecule has 0 aromatic carbocycles. The van der Waals surface area contributed by atoms with Gasteiger partial charge in [0.25, 0.3) is 0 Å². The number of aromatic nitrogens is 1. The molecule has 3 heterocycles. The van der Waals surface area contributed by atoms with Crippen LogP contribution in [-0.4, -0.2) is 70.1 Å². The second-order valence-corrected chi connectivity index (χ2v) is 6.77. The number of aldehydes is 1. The number of carbonyl (C=O) groups excluding carboxylic acids is 1. The fourth-order valence-corrected chi connectivity index (χ4v) is 3.85. The minimum absolute atomic E-state index is 0.381. The van der Waals surface area contributed by atoms with Crippen molar-refractivity contribution in [3.05, 3.63) is 28.4 Å². The van der Waals surface area contributed by atoms with Gasteiger partial charge in [0.2, 0.25) is 11.5 Å². The van der Waals surface area contributed by atoms with E-state index in [1.54, 1.807) is 12.3 Å². The molecule has 1 atom stereocenters. The molecule has 0 bridgehead atoms. The minimum atomic E-state index is -1.60. The molecular formula is C13H16N4O3S2. The number of hydrogen-bond donors (Lipinski definition) is 0. The summed E-state index contributed by atoms with van der Waals surface area (Å²) in [4.78, 5) is 17.7. The van der Waals surface area contributed by atoms with Crippen molar-refractivity contribution < 1.29 is 14.1 Å². The fourth-order valence-electron chi connectivity index (χ4n) is 2.27.